The van der Waals surface area contributed by atoms with Crippen molar-refractivity contribution in [2.45, 2.75) is 54.4 Å². The highest BCUT2D eigenvalue weighted by molar-refractivity contribution is 4.67. The maximum atomic E-state index is 3.51. The summed E-state index contributed by atoms with van der Waals surface area (Å²) in [5.41, 5.74) is 0.470. The molecule has 0 bridgehead atoms. The van der Waals surface area contributed by atoms with Crippen LogP contribution in [0.5, 0.6) is 0 Å². The fourth-order valence-corrected chi connectivity index (χ4v) is 2.19. The highest BCUT2D eigenvalue weighted by Gasteiger charge is 2.14. The van der Waals surface area contributed by atoms with Crippen molar-refractivity contribution in [3.05, 3.63) is 0 Å². The van der Waals surface area contributed by atoms with Crippen LogP contribution in [0.3, 0.4) is 0 Å². The molecule has 17 heavy (non-hydrogen) atoms. The van der Waals surface area contributed by atoms with Crippen LogP contribution in [0.1, 0.15) is 54.4 Å². The van der Waals surface area contributed by atoms with Gasteiger partial charge in [-0.15, -0.1) is 0 Å². The quantitative estimate of drug-likeness (QED) is 0.606. The maximum absolute atomic E-state index is 3.51. The van der Waals surface area contributed by atoms with Gasteiger partial charge in [-0.3, -0.25) is 0 Å². The SMILES string of the molecule is CC(C)CNCCNCCC(C)CC(C)(C)C. The topological polar surface area (TPSA) is 24.1 Å². The molecule has 0 aliphatic carbocycles. The molecule has 0 heterocycles. The number of nitrogens with one attached hydrogen (secondary N) is 2. The van der Waals surface area contributed by atoms with Gasteiger partial charge in [0.15, 0.2) is 0 Å². The third kappa shape index (κ3) is 13.9. The third-order valence-electron chi connectivity index (χ3n) is 2.81. The summed E-state index contributed by atoms with van der Waals surface area (Å²) >= 11 is 0. The van der Waals surface area contributed by atoms with Crippen LogP contribution < -0.4 is 10.6 Å². The zero-order chi connectivity index (χ0) is 13.3. The normalized spacial score (nSPS) is 14.3. The Morgan fingerprint density at radius 1 is 0.882 bits per heavy atom. The number of hydrogen-bond acceptors (Lipinski definition) is 2. The Morgan fingerprint density at radius 2 is 1.47 bits per heavy atom. The van der Waals surface area contributed by atoms with Crippen LogP contribution in [0.4, 0.5) is 0 Å². The molecule has 0 fully saturated rings. The molecule has 0 rings (SSSR count). The van der Waals surface area contributed by atoms with Gasteiger partial charge in [-0.2, -0.15) is 0 Å². The summed E-state index contributed by atoms with van der Waals surface area (Å²) in [5, 5.41) is 6.96. The first kappa shape index (κ1) is 16.9. The summed E-state index contributed by atoms with van der Waals surface area (Å²) in [6, 6.07) is 0. The molecule has 0 spiro atoms. The zero-order valence-corrected chi connectivity index (χ0v) is 12.9. The van der Waals surface area contributed by atoms with Gasteiger partial charge in [0.25, 0.3) is 0 Å². The first-order valence-corrected chi connectivity index (χ1v) is 7.22. The first-order chi connectivity index (χ1) is 7.81. The Labute approximate surface area is 109 Å². The van der Waals surface area contributed by atoms with Crippen molar-refractivity contribution in [1.82, 2.24) is 10.6 Å². The number of hydrogen-bond donors (Lipinski definition) is 2. The van der Waals surface area contributed by atoms with Crippen LogP contribution in [0.2, 0.25) is 0 Å². The molecule has 2 heteroatoms. The van der Waals surface area contributed by atoms with E-state index in [9.17, 15) is 0 Å². The van der Waals surface area contributed by atoms with Gasteiger partial charge < -0.3 is 10.6 Å². The van der Waals surface area contributed by atoms with Crippen molar-refractivity contribution >= 4 is 0 Å². The van der Waals surface area contributed by atoms with E-state index >= 15 is 0 Å². The molecule has 0 aliphatic rings. The predicted octanol–water partition coefficient (Wildman–Crippen LogP) is 3.28. The van der Waals surface area contributed by atoms with Crippen molar-refractivity contribution in [1.29, 1.82) is 0 Å². The van der Waals surface area contributed by atoms with Gasteiger partial charge in [0, 0.05) is 13.1 Å². The molecule has 1 atom stereocenters. The second-order valence-electron chi connectivity index (χ2n) is 7.01. The second-order valence-corrected chi connectivity index (χ2v) is 7.01. The zero-order valence-electron chi connectivity index (χ0n) is 12.9. The highest BCUT2D eigenvalue weighted by Crippen LogP contribution is 2.25. The first-order valence-electron chi connectivity index (χ1n) is 7.22. The predicted molar refractivity (Wildman–Crippen MR) is 78.4 cm³/mol. The molecular weight excluding hydrogens is 208 g/mol. The Hall–Kier alpha value is -0.0800. The van der Waals surface area contributed by atoms with Crippen LogP contribution in [-0.2, 0) is 0 Å². The standard InChI is InChI=1S/C15H34N2/c1-13(2)12-17-10-9-16-8-7-14(3)11-15(4,5)6/h13-14,16-17H,7-12H2,1-6H3. The minimum Gasteiger partial charge on any atom is -0.315 e. The van der Waals surface area contributed by atoms with Crippen molar-refractivity contribution in [2.24, 2.45) is 17.3 Å². The lowest BCUT2D eigenvalue weighted by Gasteiger charge is -2.23. The van der Waals surface area contributed by atoms with E-state index in [4.69, 9.17) is 0 Å². The van der Waals surface area contributed by atoms with Crippen LogP contribution >= 0.6 is 0 Å². The van der Waals surface area contributed by atoms with E-state index in [2.05, 4.69) is 52.2 Å². The summed E-state index contributed by atoms with van der Waals surface area (Å²) < 4.78 is 0. The third-order valence-corrected chi connectivity index (χ3v) is 2.81. The molecule has 1 unspecified atom stereocenters. The van der Waals surface area contributed by atoms with Gasteiger partial charge in [0.1, 0.15) is 0 Å². The second kappa shape index (κ2) is 8.93. The summed E-state index contributed by atoms with van der Waals surface area (Å²) in [6.45, 7) is 18.3. The minimum atomic E-state index is 0.470. The molecule has 0 aromatic heterocycles. The molecule has 0 saturated carbocycles. The summed E-state index contributed by atoms with van der Waals surface area (Å²) in [4.78, 5) is 0. The van der Waals surface area contributed by atoms with E-state index in [1.165, 1.54) is 12.8 Å². The van der Waals surface area contributed by atoms with Crippen molar-refractivity contribution < 1.29 is 0 Å². The van der Waals surface area contributed by atoms with Gasteiger partial charge >= 0.3 is 0 Å². The van der Waals surface area contributed by atoms with Gasteiger partial charge in [0.05, 0.1) is 0 Å². The van der Waals surface area contributed by atoms with E-state index in [1.54, 1.807) is 0 Å². The van der Waals surface area contributed by atoms with E-state index in [1.807, 2.05) is 0 Å². The summed E-state index contributed by atoms with van der Waals surface area (Å²) in [7, 11) is 0. The largest absolute Gasteiger partial charge is 0.315 e. The van der Waals surface area contributed by atoms with E-state index in [0.29, 0.717) is 5.41 Å². The molecule has 0 radical (unpaired) electrons. The average Bonchev–Trinajstić information content (AvgIpc) is 2.12. The molecule has 104 valence electrons. The van der Waals surface area contributed by atoms with Gasteiger partial charge in [-0.1, -0.05) is 41.5 Å². The monoisotopic (exact) mass is 242 g/mol. The Kier molecular flexibility index (Phi) is 8.89. The fourth-order valence-electron chi connectivity index (χ4n) is 2.19. The van der Waals surface area contributed by atoms with E-state index in [0.717, 1.165) is 38.0 Å². The van der Waals surface area contributed by atoms with E-state index < -0.39 is 0 Å². The lowest BCUT2D eigenvalue weighted by atomic mass is 9.84. The molecule has 2 N–H and O–H groups in total. The van der Waals surface area contributed by atoms with Crippen LogP contribution in [0.15, 0.2) is 0 Å². The Balaban J connectivity index is 3.28. The minimum absolute atomic E-state index is 0.470. The molecule has 2 nitrogen and oxygen atoms in total. The highest BCUT2D eigenvalue weighted by atomic mass is 14.9. The van der Waals surface area contributed by atoms with Gasteiger partial charge in [-0.05, 0) is 43.2 Å². The summed E-state index contributed by atoms with van der Waals surface area (Å²) in [5.74, 6) is 1.58. The van der Waals surface area contributed by atoms with Crippen LogP contribution in [0, 0.1) is 17.3 Å². The Morgan fingerprint density at radius 3 is 2.00 bits per heavy atom. The van der Waals surface area contributed by atoms with Crippen molar-refractivity contribution in [3.8, 4) is 0 Å². The fraction of sp³-hybridized carbons (Fsp3) is 1.00. The van der Waals surface area contributed by atoms with Crippen LogP contribution in [-0.4, -0.2) is 26.2 Å². The van der Waals surface area contributed by atoms with Crippen LogP contribution in [0.25, 0.3) is 0 Å². The molecule has 0 aromatic rings. The average molecular weight is 242 g/mol. The smallest absolute Gasteiger partial charge is 0.00768 e. The lowest BCUT2D eigenvalue weighted by molar-refractivity contribution is 0.295. The lowest BCUT2D eigenvalue weighted by Crippen LogP contribution is -2.30. The molecular formula is C15H34N2. The molecule has 0 aromatic carbocycles. The maximum Gasteiger partial charge on any atom is 0.00768 e. The van der Waals surface area contributed by atoms with Crippen molar-refractivity contribution in [2.75, 3.05) is 26.2 Å². The Bertz CT molecular complexity index is 170. The number of rotatable bonds is 9. The van der Waals surface area contributed by atoms with Crippen molar-refractivity contribution in [3.63, 3.8) is 0 Å². The van der Waals surface area contributed by atoms with Gasteiger partial charge in [0.2, 0.25) is 0 Å². The molecule has 0 aliphatic heterocycles. The molecule has 0 saturated heterocycles. The summed E-state index contributed by atoms with van der Waals surface area (Å²) in [6.07, 6.45) is 2.61. The van der Waals surface area contributed by atoms with Gasteiger partial charge in [-0.25, -0.2) is 0 Å². The molecule has 0 amide bonds. The van der Waals surface area contributed by atoms with E-state index in [-0.39, 0.29) is 0 Å².